The zero-order valence-electron chi connectivity index (χ0n) is 29.1. The van der Waals surface area contributed by atoms with Gasteiger partial charge in [0.2, 0.25) is 5.91 Å². The van der Waals surface area contributed by atoms with Crippen LogP contribution in [-0.2, 0) is 25.8 Å². The number of amides is 1. The van der Waals surface area contributed by atoms with Crippen LogP contribution in [0.25, 0.3) is 0 Å². The van der Waals surface area contributed by atoms with Crippen molar-refractivity contribution in [2.45, 2.75) is 113 Å². The van der Waals surface area contributed by atoms with Gasteiger partial charge in [0.15, 0.2) is 0 Å². The Morgan fingerprint density at radius 1 is 0.551 bits per heavy atom. The van der Waals surface area contributed by atoms with Gasteiger partial charge in [-0.05, 0) is 98.7 Å². The summed E-state index contributed by atoms with van der Waals surface area (Å²) in [6.07, 6.45) is 15.7. The predicted molar refractivity (Wildman–Crippen MR) is 189 cm³/mol. The van der Waals surface area contributed by atoms with Crippen molar-refractivity contribution in [1.82, 2.24) is 10.6 Å². The summed E-state index contributed by atoms with van der Waals surface area (Å²) in [6, 6.07) is 19.3. The Kier molecular flexibility index (Phi) is 13.9. The second kappa shape index (κ2) is 17.8. The van der Waals surface area contributed by atoms with E-state index >= 15 is 0 Å². The van der Waals surface area contributed by atoms with Gasteiger partial charge >= 0.3 is 5.97 Å². The minimum absolute atomic E-state index is 0.0591. The van der Waals surface area contributed by atoms with Crippen LogP contribution in [0.15, 0.2) is 72.8 Å². The molecule has 8 heteroatoms. The molecule has 49 heavy (non-hydrogen) atoms. The van der Waals surface area contributed by atoms with E-state index in [-0.39, 0.29) is 28.8 Å². The lowest BCUT2D eigenvalue weighted by Gasteiger charge is -2.38. The van der Waals surface area contributed by atoms with E-state index in [1.165, 1.54) is 68.4 Å². The van der Waals surface area contributed by atoms with Crippen molar-refractivity contribution in [2.24, 2.45) is 0 Å². The van der Waals surface area contributed by atoms with Crippen LogP contribution >= 0.6 is 0 Å². The van der Waals surface area contributed by atoms with Crippen molar-refractivity contribution in [3.8, 4) is 0 Å². The minimum Gasteiger partial charge on any atom is -0.481 e. The summed E-state index contributed by atoms with van der Waals surface area (Å²) in [5.74, 6) is -1.43. The number of nitrogens with one attached hydrogen (secondary N) is 2. The highest BCUT2D eigenvalue weighted by atomic mass is 19.1. The number of benzene rings is 3. The van der Waals surface area contributed by atoms with Gasteiger partial charge in [0, 0.05) is 19.0 Å². The third-order valence-electron chi connectivity index (χ3n) is 11.1. The van der Waals surface area contributed by atoms with Crippen LogP contribution in [0.2, 0.25) is 0 Å². The summed E-state index contributed by atoms with van der Waals surface area (Å²) in [7, 11) is 3.67. The summed E-state index contributed by atoms with van der Waals surface area (Å²) in [6.45, 7) is 0.999. The van der Waals surface area contributed by atoms with Gasteiger partial charge in [0.1, 0.15) is 17.5 Å². The Morgan fingerprint density at radius 3 is 1.27 bits per heavy atom. The minimum atomic E-state index is -0.786. The van der Waals surface area contributed by atoms with Crippen LogP contribution < -0.4 is 10.6 Å². The molecule has 0 aromatic heterocycles. The van der Waals surface area contributed by atoms with Gasteiger partial charge in [-0.15, -0.1) is 0 Å². The molecular formula is C41H53F3N2O3. The van der Waals surface area contributed by atoms with Gasteiger partial charge in [-0.3, -0.25) is 9.59 Å². The molecule has 0 heterocycles. The van der Waals surface area contributed by atoms with Crippen molar-refractivity contribution in [2.75, 3.05) is 20.6 Å². The van der Waals surface area contributed by atoms with Crippen LogP contribution in [0.4, 0.5) is 13.2 Å². The number of hydrogen-bond acceptors (Lipinski definition) is 3. The Hall–Kier alpha value is -3.65. The normalized spacial score (nSPS) is 19.2. The van der Waals surface area contributed by atoms with Crippen LogP contribution in [0.5, 0.6) is 0 Å². The topological polar surface area (TPSA) is 78.4 Å². The van der Waals surface area contributed by atoms with Gasteiger partial charge in [-0.2, -0.15) is 0 Å². The van der Waals surface area contributed by atoms with E-state index in [0.29, 0.717) is 12.8 Å². The molecule has 0 atom stereocenters. The van der Waals surface area contributed by atoms with Crippen molar-refractivity contribution in [3.05, 3.63) is 107 Å². The van der Waals surface area contributed by atoms with Gasteiger partial charge < -0.3 is 15.7 Å². The van der Waals surface area contributed by atoms with E-state index in [1.54, 1.807) is 43.4 Å². The highest BCUT2D eigenvalue weighted by Gasteiger charge is 2.42. The standard InChI is InChI=1S/C14H18FNO.C14H20FN.C13H15FO2/c1-16-13(17)14(9-3-2-4-10-14)11-5-7-12(15)8-6-11;1-16-11-14(9-3-2-4-10-14)12-5-7-13(15)8-6-12;14-11-6-4-10(5-7-11)13(12(15)16)8-2-1-3-9-13/h5-8H,2-4,9-10H2,1H3,(H,16,17);5-8,16H,2-4,9-11H2,1H3;4-7H,1-3,8-9H2,(H,15,16). The summed E-state index contributed by atoms with van der Waals surface area (Å²) >= 11 is 0. The molecular weight excluding hydrogens is 625 g/mol. The highest BCUT2D eigenvalue weighted by Crippen LogP contribution is 2.41. The number of carbonyl (C=O) groups is 2. The number of rotatable bonds is 7. The summed E-state index contributed by atoms with van der Waals surface area (Å²) in [4.78, 5) is 23.6. The molecule has 0 aliphatic heterocycles. The zero-order valence-corrected chi connectivity index (χ0v) is 29.1. The molecule has 0 saturated heterocycles. The molecule has 0 bridgehead atoms. The number of aliphatic carboxylic acids is 1. The van der Waals surface area contributed by atoms with Crippen molar-refractivity contribution >= 4 is 11.9 Å². The summed E-state index contributed by atoms with van der Waals surface area (Å²) in [5.41, 5.74) is 1.98. The SMILES string of the molecule is CNC(=O)C1(c2ccc(F)cc2)CCCCC1.CNCC1(c2ccc(F)cc2)CCCCC1.O=C(O)C1(c2ccc(F)cc2)CCCCC1. The number of halogens is 3. The summed E-state index contributed by atoms with van der Waals surface area (Å²) in [5, 5.41) is 15.5. The zero-order chi connectivity index (χ0) is 35.3. The summed E-state index contributed by atoms with van der Waals surface area (Å²) < 4.78 is 38.7. The fourth-order valence-electron chi connectivity index (χ4n) is 8.30. The maximum absolute atomic E-state index is 13.0. The molecule has 3 saturated carbocycles. The molecule has 6 rings (SSSR count). The second-order valence-corrected chi connectivity index (χ2v) is 14.1. The maximum Gasteiger partial charge on any atom is 0.314 e. The largest absolute Gasteiger partial charge is 0.481 e. The van der Waals surface area contributed by atoms with E-state index < -0.39 is 16.8 Å². The van der Waals surface area contributed by atoms with E-state index in [0.717, 1.165) is 62.6 Å². The van der Waals surface area contributed by atoms with E-state index in [1.807, 2.05) is 19.2 Å². The average Bonchev–Trinajstić information content (AvgIpc) is 3.13. The number of carbonyl (C=O) groups excluding carboxylic acids is 1. The van der Waals surface area contributed by atoms with Crippen molar-refractivity contribution in [3.63, 3.8) is 0 Å². The van der Waals surface area contributed by atoms with Gasteiger partial charge in [0.05, 0.1) is 10.8 Å². The molecule has 3 N–H and O–H groups in total. The van der Waals surface area contributed by atoms with E-state index in [2.05, 4.69) is 10.6 Å². The molecule has 3 aromatic carbocycles. The van der Waals surface area contributed by atoms with Crippen molar-refractivity contribution in [1.29, 1.82) is 0 Å². The van der Waals surface area contributed by atoms with Crippen LogP contribution in [0, 0.1) is 17.5 Å². The Bertz CT molecular complexity index is 1450. The average molecular weight is 679 g/mol. The third-order valence-corrected chi connectivity index (χ3v) is 11.1. The van der Waals surface area contributed by atoms with Crippen LogP contribution in [0.1, 0.15) is 113 Å². The molecule has 266 valence electrons. The predicted octanol–water partition coefficient (Wildman–Crippen LogP) is 9.13. The van der Waals surface area contributed by atoms with Crippen molar-refractivity contribution < 1.29 is 27.9 Å². The quantitative estimate of drug-likeness (QED) is 0.233. The molecule has 3 aliphatic carbocycles. The van der Waals surface area contributed by atoms with Crippen LogP contribution in [0.3, 0.4) is 0 Å². The molecule has 3 aromatic rings. The Balaban J connectivity index is 0.000000166. The molecule has 0 radical (unpaired) electrons. The maximum atomic E-state index is 13.0. The number of carboxylic acid groups (broad SMARTS) is 1. The number of hydrogen-bond donors (Lipinski definition) is 3. The lowest BCUT2D eigenvalue weighted by atomic mass is 9.69. The van der Waals surface area contributed by atoms with Gasteiger partial charge in [-0.1, -0.05) is 94.2 Å². The third kappa shape index (κ3) is 9.33. The molecule has 3 fully saturated rings. The first-order chi connectivity index (χ1) is 23.6. The fraction of sp³-hybridized carbons (Fsp3) is 0.512. The first-order valence-corrected chi connectivity index (χ1v) is 18.0. The van der Waals surface area contributed by atoms with E-state index in [4.69, 9.17) is 0 Å². The smallest absolute Gasteiger partial charge is 0.314 e. The first kappa shape index (κ1) is 38.2. The first-order valence-electron chi connectivity index (χ1n) is 18.0. The highest BCUT2D eigenvalue weighted by molar-refractivity contribution is 5.88. The molecule has 5 nitrogen and oxygen atoms in total. The Morgan fingerprint density at radius 2 is 0.898 bits per heavy atom. The number of carboxylic acids is 1. The number of likely N-dealkylation sites (N-methyl/N-ethyl adjacent to an activating group) is 2. The van der Waals surface area contributed by atoms with Gasteiger partial charge in [-0.25, -0.2) is 13.2 Å². The lowest BCUT2D eigenvalue weighted by Crippen LogP contribution is -2.44. The molecule has 3 aliphatic rings. The molecule has 0 spiro atoms. The molecule has 0 unspecified atom stereocenters. The second-order valence-electron chi connectivity index (χ2n) is 14.1. The Labute approximate surface area is 290 Å². The molecule has 1 amide bonds. The van der Waals surface area contributed by atoms with E-state index in [9.17, 15) is 27.9 Å². The monoisotopic (exact) mass is 678 g/mol. The fourth-order valence-corrected chi connectivity index (χ4v) is 8.30. The van der Waals surface area contributed by atoms with Crippen LogP contribution in [-0.4, -0.2) is 37.6 Å². The van der Waals surface area contributed by atoms with Gasteiger partial charge in [0.25, 0.3) is 0 Å². The lowest BCUT2D eigenvalue weighted by molar-refractivity contribution is -0.145.